The van der Waals surface area contributed by atoms with Crippen molar-refractivity contribution in [3.8, 4) is 0 Å². The van der Waals surface area contributed by atoms with E-state index < -0.39 is 10.1 Å². The molecule has 21 heavy (non-hydrogen) atoms. The molecule has 1 saturated carbocycles. The third kappa shape index (κ3) is 3.92. The van der Waals surface area contributed by atoms with Crippen molar-refractivity contribution in [2.45, 2.75) is 39.0 Å². The van der Waals surface area contributed by atoms with Gasteiger partial charge < -0.3 is 0 Å². The highest BCUT2D eigenvalue weighted by Crippen LogP contribution is 2.43. The lowest BCUT2D eigenvalue weighted by Crippen LogP contribution is -2.23. The molecule has 0 aromatic heterocycles. The highest BCUT2D eigenvalue weighted by Gasteiger charge is 2.47. The van der Waals surface area contributed by atoms with Crippen molar-refractivity contribution in [2.75, 3.05) is 6.61 Å². The van der Waals surface area contributed by atoms with Gasteiger partial charge in [0.25, 0.3) is 10.1 Å². The topological polar surface area (TPSA) is 60.4 Å². The predicted octanol–water partition coefficient (Wildman–Crippen LogP) is 2.95. The van der Waals surface area contributed by atoms with Gasteiger partial charge in [-0.25, -0.2) is 0 Å². The summed E-state index contributed by atoms with van der Waals surface area (Å²) in [6, 6.07) is 6.54. The van der Waals surface area contributed by atoms with Crippen molar-refractivity contribution in [3.05, 3.63) is 29.8 Å². The van der Waals surface area contributed by atoms with E-state index in [1.165, 1.54) is 12.1 Å². The molecule has 1 aliphatic carbocycles. The molecular weight excluding hydrogens is 288 g/mol. The molecule has 0 heterocycles. The summed E-state index contributed by atoms with van der Waals surface area (Å²) >= 11 is 0. The third-order valence-corrected chi connectivity index (χ3v) is 5.04. The van der Waals surface area contributed by atoms with Gasteiger partial charge in [0.15, 0.2) is 0 Å². The second-order valence-electron chi connectivity index (χ2n) is 6.77. The second-order valence-corrected chi connectivity index (χ2v) is 8.38. The van der Waals surface area contributed by atoms with E-state index in [9.17, 15) is 13.2 Å². The Balaban J connectivity index is 1.93. The summed E-state index contributed by atoms with van der Waals surface area (Å²) in [5.74, 6) is 0.152. The first-order valence-corrected chi connectivity index (χ1v) is 8.52. The summed E-state index contributed by atoms with van der Waals surface area (Å²) in [4.78, 5) is 12.2. The van der Waals surface area contributed by atoms with Crippen molar-refractivity contribution in [1.29, 1.82) is 0 Å². The summed E-state index contributed by atoms with van der Waals surface area (Å²) in [5, 5.41) is 0. The molecule has 0 bridgehead atoms. The predicted molar refractivity (Wildman–Crippen MR) is 80.4 cm³/mol. The Bertz CT molecular complexity index is 623. The van der Waals surface area contributed by atoms with Gasteiger partial charge in [-0.1, -0.05) is 38.5 Å². The summed E-state index contributed by atoms with van der Waals surface area (Å²) in [6.45, 7) is 7.63. The van der Waals surface area contributed by atoms with Crippen LogP contribution in [0.4, 0.5) is 0 Å². The minimum absolute atomic E-state index is 0.0250. The Morgan fingerprint density at radius 2 is 1.81 bits per heavy atom. The van der Waals surface area contributed by atoms with Gasteiger partial charge in [-0.15, -0.1) is 0 Å². The van der Waals surface area contributed by atoms with Crippen LogP contribution < -0.4 is 0 Å². The Morgan fingerprint density at radius 3 is 2.33 bits per heavy atom. The highest BCUT2D eigenvalue weighted by atomic mass is 32.2. The average Bonchev–Trinajstić information content (AvgIpc) is 3.14. The van der Waals surface area contributed by atoms with Crippen LogP contribution in [0.3, 0.4) is 0 Å². The number of aryl methyl sites for hydroxylation is 1. The Kier molecular flexibility index (Phi) is 4.26. The largest absolute Gasteiger partial charge is 0.299 e. The number of hydrogen-bond acceptors (Lipinski definition) is 4. The first kappa shape index (κ1) is 16.2. The SMILES string of the molecule is Cc1ccc(S(=O)(=O)OCC2CC2C(=O)C(C)(C)C)cc1. The zero-order valence-electron chi connectivity index (χ0n) is 12.9. The quantitative estimate of drug-likeness (QED) is 0.785. The van der Waals surface area contributed by atoms with Crippen molar-refractivity contribution in [1.82, 2.24) is 0 Å². The Hall–Kier alpha value is -1.20. The van der Waals surface area contributed by atoms with Crippen molar-refractivity contribution >= 4 is 15.9 Å². The molecule has 2 rings (SSSR count). The third-order valence-electron chi connectivity index (χ3n) is 3.75. The average molecular weight is 310 g/mol. The molecule has 0 N–H and O–H groups in total. The van der Waals surface area contributed by atoms with Crippen molar-refractivity contribution in [2.24, 2.45) is 17.3 Å². The normalized spacial score (nSPS) is 22.1. The lowest BCUT2D eigenvalue weighted by Gasteiger charge is -2.16. The zero-order chi connectivity index (χ0) is 15.8. The summed E-state index contributed by atoms with van der Waals surface area (Å²) in [5.41, 5.74) is 0.613. The molecule has 0 saturated heterocycles. The van der Waals surface area contributed by atoms with Crippen LogP contribution in [0, 0.1) is 24.2 Å². The van der Waals surface area contributed by atoms with Gasteiger partial charge in [0, 0.05) is 11.3 Å². The molecule has 1 aromatic carbocycles. The van der Waals surface area contributed by atoms with E-state index in [1.54, 1.807) is 12.1 Å². The van der Waals surface area contributed by atoms with Crippen LogP contribution >= 0.6 is 0 Å². The number of Topliss-reactive ketones (excluding diaryl/α,β-unsaturated/α-hetero) is 1. The first-order valence-electron chi connectivity index (χ1n) is 7.12. The maximum Gasteiger partial charge on any atom is 0.296 e. The molecule has 4 nitrogen and oxygen atoms in total. The molecule has 2 atom stereocenters. The lowest BCUT2D eigenvalue weighted by atomic mass is 9.87. The van der Waals surface area contributed by atoms with Gasteiger partial charge in [-0.2, -0.15) is 8.42 Å². The summed E-state index contributed by atoms with van der Waals surface area (Å²) in [7, 11) is -3.73. The molecule has 0 amide bonds. The highest BCUT2D eigenvalue weighted by molar-refractivity contribution is 7.86. The van der Waals surface area contributed by atoms with Gasteiger partial charge in [-0.3, -0.25) is 8.98 Å². The van der Waals surface area contributed by atoms with E-state index in [2.05, 4.69) is 0 Å². The number of carbonyl (C=O) groups excluding carboxylic acids is 1. The van der Waals surface area contributed by atoms with Crippen molar-refractivity contribution in [3.63, 3.8) is 0 Å². The lowest BCUT2D eigenvalue weighted by molar-refractivity contribution is -0.128. The van der Waals surface area contributed by atoms with Gasteiger partial charge in [0.05, 0.1) is 11.5 Å². The molecular formula is C16H22O4S. The molecule has 0 radical (unpaired) electrons. The minimum Gasteiger partial charge on any atom is -0.299 e. The minimum atomic E-state index is -3.73. The van der Waals surface area contributed by atoms with Gasteiger partial charge in [0.2, 0.25) is 0 Å². The van der Waals surface area contributed by atoms with E-state index in [-0.39, 0.29) is 34.5 Å². The van der Waals surface area contributed by atoms with Crippen LogP contribution in [-0.2, 0) is 19.1 Å². The molecule has 1 aromatic rings. The maximum atomic E-state index is 12.1. The second kappa shape index (κ2) is 5.54. The number of benzene rings is 1. The van der Waals surface area contributed by atoms with Crippen LogP contribution in [0.25, 0.3) is 0 Å². The van der Waals surface area contributed by atoms with Gasteiger partial charge in [-0.05, 0) is 31.4 Å². The molecule has 0 aliphatic heterocycles. The zero-order valence-corrected chi connectivity index (χ0v) is 13.7. The van der Waals surface area contributed by atoms with Crippen LogP contribution in [-0.4, -0.2) is 20.8 Å². The Labute approximate surface area is 126 Å². The van der Waals surface area contributed by atoms with E-state index in [0.717, 1.165) is 12.0 Å². The van der Waals surface area contributed by atoms with Crippen LogP contribution in [0.5, 0.6) is 0 Å². The van der Waals surface area contributed by atoms with Crippen molar-refractivity contribution < 1.29 is 17.4 Å². The number of hydrogen-bond donors (Lipinski definition) is 0. The fourth-order valence-corrected chi connectivity index (χ4v) is 3.22. The number of carbonyl (C=O) groups is 1. The molecule has 2 unspecified atom stereocenters. The monoisotopic (exact) mass is 310 g/mol. The van der Waals surface area contributed by atoms with Crippen LogP contribution in [0.2, 0.25) is 0 Å². The van der Waals surface area contributed by atoms with E-state index >= 15 is 0 Å². The molecule has 1 fully saturated rings. The van der Waals surface area contributed by atoms with Gasteiger partial charge >= 0.3 is 0 Å². The fraction of sp³-hybridized carbons (Fsp3) is 0.562. The van der Waals surface area contributed by atoms with Crippen LogP contribution in [0.1, 0.15) is 32.8 Å². The summed E-state index contributed by atoms with van der Waals surface area (Å²) in [6.07, 6.45) is 0.722. The maximum absolute atomic E-state index is 12.1. The molecule has 5 heteroatoms. The summed E-state index contributed by atoms with van der Waals surface area (Å²) < 4.78 is 29.2. The van der Waals surface area contributed by atoms with E-state index in [0.29, 0.717) is 0 Å². The van der Waals surface area contributed by atoms with Crippen LogP contribution in [0.15, 0.2) is 29.2 Å². The van der Waals surface area contributed by atoms with E-state index in [1.807, 2.05) is 27.7 Å². The smallest absolute Gasteiger partial charge is 0.296 e. The van der Waals surface area contributed by atoms with E-state index in [4.69, 9.17) is 4.18 Å². The standard InChI is InChI=1S/C16H22O4S/c1-11-5-7-13(8-6-11)21(18,19)20-10-12-9-14(12)15(17)16(2,3)4/h5-8,12,14H,9-10H2,1-4H3. The molecule has 0 spiro atoms. The molecule has 1 aliphatic rings. The Morgan fingerprint density at radius 1 is 1.24 bits per heavy atom. The molecule has 116 valence electrons. The number of ketones is 1. The fourth-order valence-electron chi connectivity index (χ4n) is 2.26. The number of rotatable bonds is 5. The van der Waals surface area contributed by atoms with Gasteiger partial charge in [0.1, 0.15) is 5.78 Å². The first-order chi connectivity index (χ1) is 9.61.